The average molecular weight is 244 g/mol. The van der Waals surface area contributed by atoms with Crippen LogP contribution in [-0.4, -0.2) is 41.1 Å². The molecule has 0 aliphatic carbocycles. The van der Waals surface area contributed by atoms with Crippen LogP contribution in [0.4, 0.5) is 0 Å². The maximum Gasteiger partial charge on any atom is 0.0170 e. The minimum atomic E-state index is 0.353. The van der Waals surface area contributed by atoms with E-state index in [1.165, 1.54) is 25.3 Å². The van der Waals surface area contributed by atoms with Gasteiger partial charge in [0, 0.05) is 29.6 Å². The lowest BCUT2D eigenvalue weighted by Crippen LogP contribution is -2.39. The molecule has 2 nitrogen and oxygen atoms in total. The first-order valence-electron chi connectivity index (χ1n) is 6.51. The molecule has 1 aliphatic rings. The molecule has 0 saturated carbocycles. The Morgan fingerprint density at radius 3 is 2.62 bits per heavy atom. The summed E-state index contributed by atoms with van der Waals surface area (Å²) < 4.78 is 0.455. The smallest absolute Gasteiger partial charge is 0.0170 e. The zero-order chi connectivity index (χ0) is 12.2. The van der Waals surface area contributed by atoms with Crippen LogP contribution in [0, 0.1) is 5.92 Å². The molecule has 0 aromatic rings. The molecular formula is C13H28N2S. The predicted molar refractivity (Wildman–Crippen MR) is 75.0 cm³/mol. The van der Waals surface area contributed by atoms with E-state index in [-0.39, 0.29) is 0 Å². The van der Waals surface area contributed by atoms with Crippen molar-refractivity contribution in [1.29, 1.82) is 0 Å². The summed E-state index contributed by atoms with van der Waals surface area (Å²) in [6.07, 6.45) is 2.43. The largest absolute Gasteiger partial charge is 0.327 e. The third-order valence-electron chi connectivity index (χ3n) is 3.20. The monoisotopic (exact) mass is 244 g/mol. The van der Waals surface area contributed by atoms with Gasteiger partial charge in [-0.25, -0.2) is 0 Å². The summed E-state index contributed by atoms with van der Waals surface area (Å²) in [7, 11) is 0. The summed E-state index contributed by atoms with van der Waals surface area (Å²) in [4.78, 5) is 2.55. The van der Waals surface area contributed by atoms with Crippen LogP contribution < -0.4 is 5.73 Å². The molecule has 16 heavy (non-hydrogen) atoms. The van der Waals surface area contributed by atoms with Crippen molar-refractivity contribution in [2.24, 2.45) is 11.7 Å². The summed E-state index contributed by atoms with van der Waals surface area (Å²) >= 11 is 2.10. The minimum absolute atomic E-state index is 0.353. The van der Waals surface area contributed by atoms with Crippen molar-refractivity contribution < 1.29 is 0 Å². The van der Waals surface area contributed by atoms with Gasteiger partial charge >= 0.3 is 0 Å². The molecule has 0 aromatic carbocycles. The van der Waals surface area contributed by atoms with Crippen molar-refractivity contribution in [3.05, 3.63) is 0 Å². The molecule has 1 rings (SSSR count). The van der Waals surface area contributed by atoms with E-state index >= 15 is 0 Å². The summed E-state index contributed by atoms with van der Waals surface area (Å²) in [5, 5.41) is 0. The molecule has 0 aromatic heterocycles. The Labute approximate surface area is 105 Å². The molecule has 0 spiro atoms. The van der Waals surface area contributed by atoms with Gasteiger partial charge in [0.25, 0.3) is 0 Å². The Morgan fingerprint density at radius 2 is 2.00 bits per heavy atom. The standard InChI is InChI=1S/C13H28N2S/c1-11(2)9-12(14)10-15-6-5-13(3,4)16-8-7-15/h11-12H,5-10,14H2,1-4H3. The SMILES string of the molecule is CC(C)CC(N)CN1CCSC(C)(C)CC1. The second-order valence-corrected chi connectivity index (χ2v) is 7.85. The van der Waals surface area contributed by atoms with Gasteiger partial charge in [-0.15, -0.1) is 0 Å². The minimum Gasteiger partial charge on any atom is -0.327 e. The summed E-state index contributed by atoms with van der Waals surface area (Å²) in [6.45, 7) is 12.7. The number of hydrogen-bond donors (Lipinski definition) is 1. The predicted octanol–water partition coefficient (Wildman–Crippen LogP) is 2.58. The molecule has 0 bridgehead atoms. The van der Waals surface area contributed by atoms with E-state index in [1.54, 1.807) is 0 Å². The van der Waals surface area contributed by atoms with Gasteiger partial charge in [-0.1, -0.05) is 27.7 Å². The summed E-state index contributed by atoms with van der Waals surface area (Å²) in [5.74, 6) is 1.97. The van der Waals surface area contributed by atoms with Gasteiger partial charge in [-0.3, -0.25) is 0 Å². The van der Waals surface area contributed by atoms with Gasteiger partial charge in [0.05, 0.1) is 0 Å². The normalized spacial score (nSPS) is 24.4. The lowest BCUT2D eigenvalue weighted by molar-refractivity contribution is 0.255. The fourth-order valence-electron chi connectivity index (χ4n) is 2.26. The number of nitrogens with two attached hydrogens (primary N) is 1. The molecule has 1 heterocycles. The van der Waals surface area contributed by atoms with Crippen molar-refractivity contribution in [3.63, 3.8) is 0 Å². The number of thioether (sulfide) groups is 1. The quantitative estimate of drug-likeness (QED) is 0.824. The van der Waals surface area contributed by atoms with Crippen molar-refractivity contribution in [3.8, 4) is 0 Å². The van der Waals surface area contributed by atoms with Crippen LogP contribution in [0.2, 0.25) is 0 Å². The fourth-order valence-corrected chi connectivity index (χ4v) is 3.39. The molecule has 0 radical (unpaired) electrons. The maximum atomic E-state index is 6.18. The summed E-state index contributed by atoms with van der Waals surface area (Å²) in [6, 6.07) is 0.353. The Morgan fingerprint density at radius 1 is 1.31 bits per heavy atom. The Hall–Kier alpha value is 0.270. The van der Waals surface area contributed by atoms with Crippen LogP contribution in [0.3, 0.4) is 0 Å². The molecule has 96 valence electrons. The number of rotatable bonds is 4. The lowest BCUT2D eigenvalue weighted by atomic mass is 10.0. The lowest BCUT2D eigenvalue weighted by Gasteiger charge is -2.25. The van der Waals surface area contributed by atoms with Crippen molar-refractivity contribution in [1.82, 2.24) is 4.90 Å². The molecular weight excluding hydrogens is 216 g/mol. The number of nitrogens with zero attached hydrogens (tertiary/aromatic N) is 1. The zero-order valence-corrected chi connectivity index (χ0v) is 12.1. The van der Waals surface area contributed by atoms with Crippen LogP contribution in [0.15, 0.2) is 0 Å². The molecule has 1 fully saturated rings. The van der Waals surface area contributed by atoms with E-state index in [9.17, 15) is 0 Å². The van der Waals surface area contributed by atoms with Crippen molar-refractivity contribution in [2.45, 2.75) is 51.3 Å². The van der Waals surface area contributed by atoms with Crippen LogP contribution in [0.25, 0.3) is 0 Å². The Kier molecular flexibility index (Phi) is 5.62. The molecule has 0 amide bonds. The topological polar surface area (TPSA) is 29.3 Å². The second kappa shape index (κ2) is 6.27. The van der Waals surface area contributed by atoms with Gasteiger partial charge in [-0.2, -0.15) is 11.8 Å². The van der Waals surface area contributed by atoms with Crippen LogP contribution in [0.1, 0.15) is 40.5 Å². The molecule has 3 heteroatoms. The van der Waals surface area contributed by atoms with Crippen molar-refractivity contribution in [2.75, 3.05) is 25.4 Å². The number of hydrogen-bond acceptors (Lipinski definition) is 3. The Balaban J connectivity index is 2.32. The fraction of sp³-hybridized carbons (Fsp3) is 1.00. The molecule has 1 aliphatic heterocycles. The van der Waals surface area contributed by atoms with Gasteiger partial charge in [0.1, 0.15) is 0 Å². The van der Waals surface area contributed by atoms with Gasteiger partial charge < -0.3 is 10.6 Å². The summed E-state index contributed by atoms with van der Waals surface area (Å²) in [5.41, 5.74) is 6.18. The molecule has 1 atom stereocenters. The highest BCUT2D eigenvalue weighted by molar-refractivity contribution is 8.00. The van der Waals surface area contributed by atoms with Crippen LogP contribution in [-0.2, 0) is 0 Å². The van der Waals surface area contributed by atoms with E-state index in [0.29, 0.717) is 16.7 Å². The molecule has 1 saturated heterocycles. The van der Waals surface area contributed by atoms with Crippen LogP contribution >= 0.6 is 11.8 Å². The average Bonchev–Trinajstić information content (AvgIpc) is 2.26. The first kappa shape index (κ1) is 14.3. The molecule has 1 unspecified atom stereocenters. The van der Waals surface area contributed by atoms with Gasteiger partial charge in [-0.05, 0) is 25.3 Å². The zero-order valence-electron chi connectivity index (χ0n) is 11.3. The van der Waals surface area contributed by atoms with Crippen molar-refractivity contribution >= 4 is 11.8 Å². The van der Waals surface area contributed by atoms with E-state index in [2.05, 4.69) is 44.4 Å². The third-order valence-corrected chi connectivity index (χ3v) is 4.57. The van der Waals surface area contributed by atoms with Gasteiger partial charge in [0.15, 0.2) is 0 Å². The highest BCUT2D eigenvalue weighted by atomic mass is 32.2. The Bertz CT molecular complexity index is 204. The highest BCUT2D eigenvalue weighted by Crippen LogP contribution is 2.30. The first-order valence-corrected chi connectivity index (χ1v) is 7.49. The van der Waals surface area contributed by atoms with E-state index in [0.717, 1.165) is 13.0 Å². The second-order valence-electron chi connectivity index (χ2n) is 6.05. The van der Waals surface area contributed by atoms with Gasteiger partial charge in [0.2, 0.25) is 0 Å². The third kappa shape index (κ3) is 5.55. The van der Waals surface area contributed by atoms with E-state index < -0.39 is 0 Å². The van der Waals surface area contributed by atoms with Crippen LogP contribution in [0.5, 0.6) is 0 Å². The van der Waals surface area contributed by atoms with E-state index in [1.807, 2.05) is 0 Å². The maximum absolute atomic E-state index is 6.18. The molecule has 2 N–H and O–H groups in total. The van der Waals surface area contributed by atoms with E-state index in [4.69, 9.17) is 5.73 Å². The first-order chi connectivity index (χ1) is 7.39. The highest BCUT2D eigenvalue weighted by Gasteiger charge is 2.24.